The van der Waals surface area contributed by atoms with Crippen molar-refractivity contribution in [2.24, 2.45) is 0 Å². The lowest BCUT2D eigenvalue weighted by molar-refractivity contribution is -0.131. The molecule has 1 N–H and O–H groups in total. The van der Waals surface area contributed by atoms with Crippen molar-refractivity contribution in [3.05, 3.63) is 96.0 Å². The van der Waals surface area contributed by atoms with Gasteiger partial charge in [-0.1, -0.05) is 49.9 Å². The molecule has 0 aliphatic rings. The van der Waals surface area contributed by atoms with Crippen molar-refractivity contribution in [2.75, 3.05) is 13.7 Å². The Morgan fingerprint density at radius 1 is 0.951 bits per heavy atom. The quantitative estimate of drug-likeness (QED) is 0.114. The zero-order chi connectivity index (χ0) is 28.9. The molecule has 0 amide bonds. The lowest BCUT2D eigenvalue weighted by atomic mass is 10.0. The summed E-state index contributed by atoms with van der Waals surface area (Å²) in [5.41, 5.74) is 3.13. The van der Waals surface area contributed by atoms with Gasteiger partial charge < -0.3 is 14.6 Å². The fourth-order valence-corrected chi connectivity index (χ4v) is 5.55. The van der Waals surface area contributed by atoms with Crippen molar-refractivity contribution in [3.63, 3.8) is 0 Å². The van der Waals surface area contributed by atoms with Crippen LogP contribution in [0, 0.1) is 0 Å². The maximum absolute atomic E-state index is 13.0. The Morgan fingerprint density at radius 2 is 1.73 bits per heavy atom. The lowest BCUT2D eigenvalue weighted by Gasteiger charge is -2.11. The molecule has 0 saturated heterocycles. The number of aromatic nitrogens is 2. The standard InChI is InChI=1S/C33H36N2O5S/c1-39-28-15-11-25(12-16-28)9-6-4-2-3-5-7-22-40-32-19-14-27(35-30(32)18-20-33(36)37)24-41(38)29-17-13-26-10-8-21-34-31(26)23-29/h8,10-21,23H,2-7,9,22,24H2,1H3,(H,36,37)/b20-18+. The summed E-state index contributed by atoms with van der Waals surface area (Å²) in [6, 6.07) is 21.2. The highest BCUT2D eigenvalue weighted by molar-refractivity contribution is 7.84. The van der Waals surface area contributed by atoms with Gasteiger partial charge in [-0.05, 0) is 73.4 Å². The van der Waals surface area contributed by atoms with E-state index in [0.717, 1.165) is 48.4 Å². The van der Waals surface area contributed by atoms with Crippen molar-refractivity contribution in [1.82, 2.24) is 9.97 Å². The number of methoxy groups -OCH3 is 1. The zero-order valence-electron chi connectivity index (χ0n) is 23.3. The van der Waals surface area contributed by atoms with E-state index < -0.39 is 16.8 Å². The Morgan fingerprint density at radius 3 is 2.51 bits per heavy atom. The number of hydrogen-bond acceptors (Lipinski definition) is 6. The largest absolute Gasteiger partial charge is 0.497 e. The van der Waals surface area contributed by atoms with Crippen LogP contribution < -0.4 is 9.47 Å². The molecule has 0 spiro atoms. The number of pyridine rings is 2. The van der Waals surface area contributed by atoms with Gasteiger partial charge in [-0.25, -0.2) is 9.78 Å². The van der Waals surface area contributed by atoms with Crippen LogP contribution >= 0.6 is 0 Å². The molecule has 0 fully saturated rings. The topological polar surface area (TPSA) is 98.6 Å². The van der Waals surface area contributed by atoms with Crippen molar-refractivity contribution < 1.29 is 23.6 Å². The number of ether oxygens (including phenoxy) is 2. The maximum atomic E-state index is 13.0. The Bertz CT molecular complexity index is 1490. The third-order valence-electron chi connectivity index (χ3n) is 6.72. The third-order valence-corrected chi connectivity index (χ3v) is 8.06. The highest BCUT2D eigenvalue weighted by atomic mass is 32.2. The van der Waals surface area contributed by atoms with Crippen LogP contribution in [0.15, 0.2) is 83.9 Å². The maximum Gasteiger partial charge on any atom is 0.328 e. The molecule has 7 nitrogen and oxygen atoms in total. The van der Waals surface area contributed by atoms with E-state index in [1.807, 2.05) is 42.5 Å². The fraction of sp³-hybridized carbons (Fsp3) is 0.303. The van der Waals surface area contributed by atoms with E-state index in [0.29, 0.717) is 28.6 Å². The van der Waals surface area contributed by atoms with Gasteiger partial charge in [-0.15, -0.1) is 0 Å². The van der Waals surface area contributed by atoms with E-state index >= 15 is 0 Å². The molecule has 0 aliphatic carbocycles. The average molecular weight is 573 g/mol. The van der Waals surface area contributed by atoms with Crippen molar-refractivity contribution in [1.29, 1.82) is 0 Å². The van der Waals surface area contributed by atoms with Crippen LogP contribution in [-0.4, -0.2) is 39.0 Å². The van der Waals surface area contributed by atoms with E-state index in [2.05, 4.69) is 22.1 Å². The van der Waals surface area contributed by atoms with Crippen molar-refractivity contribution in [2.45, 2.75) is 55.6 Å². The second-order valence-corrected chi connectivity index (χ2v) is 11.2. The predicted octanol–water partition coefficient (Wildman–Crippen LogP) is 7.01. The molecule has 214 valence electrons. The summed E-state index contributed by atoms with van der Waals surface area (Å²) < 4.78 is 24.2. The molecule has 1 atom stereocenters. The van der Waals surface area contributed by atoms with Gasteiger partial charge >= 0.3 is 5.97 Å². The Balaban J connectivity index is 1.23. The first-order valence-electron chi connectivity index (χ1n) is 13.9. The summed E-state index contributed by atoms with van der Waals surface area (Å²) in [5.74, 6) is 0.540. The second-order valence-electron chi connectivity index (χ2n) is 9.77. The lowest BCUT2D eigenvalue weighted by Crippen LogP contribution is -2.04. The van der Waals surface area contributed by atoms with Gasteiger partial charge in [0.1, 0.15) is 17.2 Å². The number of hydrogen-bond donors (Lipinski definition) is 1. The van der Waals surface area contributed by atoms with Crippen molar-refractivity contribution >= 4 is 33.7 Å². The molecular formula is C33H36N2O5S. The molecule has 41 heavy (non-hydrogen) atoms. The summed E-state index contributed by atoms with van der Waals surface area (Å²) in [5, 5.41) is 10.1. The van der Waals surface area contributed by atoms with Crippen LogP contribution in [0.4, 0.5) is 0 Å². The van der Waals surface area contributed by atoms with Crippen molar-refractivity contribution in [3.8, 4) is 11.5 Å². The first-order valence-corrected chi connectivity index (χ1v) is 15.2. The van der Waals surface area contributed by atoms with Crippen LogP contribution in [0.25, 0.3) is 17.0 Å². The van der Waals surface area contributed by atoms with Gasteiger partial charge in [0.2, 0.25) is 0 Å². The average Bonchev–Trinajstić information content (AvgIpc) is 2.99. The van der Waals surface area contributed by atoms with Crippen LogP contribution in [0.1, 0.15) is 55.5 Å². The predicted molar refractivity (Wildman–Crippen MR) is 163 cm³/mol. The number of carbonyl (C=O) groups is 1. The SMILES string of the molecule is COc1ccc(CCCCCCCCOc2ccc(CS(=O)c3ccc4cccnc4c3)nc2/C=C/C(=O)O)cc1. The number of rotatable bonds is 16. The molecule has 0 radical (unpaired) electrons. The van der Waals surface area contributed by atoms with E-state index in [9.17, 15) is 9.00 Å². The van der Waals surface area contributed by atoms with E-state index in [4.69, 9.17) is 14.6 Å². The number of nitrogens with zero attached hydrogens (tertiary/aromatic N) is 2. The number of benzene rings is 2. The first-order chi connectivity index (χ1) is 20.0. The molecule has 0 aliphatic heterocycles. The minimum Gasteiger partial charge on any atom is -0.497 e. The fourth-order valence-electron chi connectivity index (χ4n) is 4.49. The molecular weight excluding hydrogens is 536 g/mol. The highest BCUT2D eigenvalue weighted by Gasteiger charge is 2.11. The minimum atomic E-state index is -1.33. The molecule has 2 aromatic heterocycles. The first kappa shape index (κ1) is 29.9. The Kier molecular flexibility index (Phi) is 11.4. The smallest absolute Gasteiger partial charge is 0.328 e. The summed E-state index contributed by atoms with van der Waals surface area (Å²) >= 11 is 0. The van der Waals surface area contributed by atoms with Crippen LogP contribution in [0.2, 0.25) is 0 Å². The van der Waals surface area contributed by atoms with E-state index in [-0.39, 0.29) is 5.75 Å². The number of carboxylic acids is 1. The number of aryl methyl sites for hydroxylation is 1. The number of fused-ring (bicyclic) bond motifs is 1. The number of carboxylic acid groups (broad SMARTS) is 1. The van der Waals surface area contributed by atoms with E-state index in [1.54, 1.807) is 25.4 Å². The molecule has 2 aromatic carbocycles. The number of aliphatic carboxylic acids is 1. The Labute approximate surface area is 243 Å². The van der Waals surface area contributed by atoms with Gasteiger partial charge in [0.15, 0.2) is 0 Å². The van der Waals surface area contributed by atoms with Gasteiger partial charge in [-0.3, -0.25) is 9.19 Å². The van der Waals surface area contributed by atoms with E-state index in [1.165, 1.54) is 30.9 Å². The Hall–Kier alpha value is -4.04. The molecule has 4 aromatic rings. The molecule has 0 bridgehead atoms. The normalized spacial score (nSPS) is 12.0. The summed E-state index contributed by atoms with van der Waals surface area (Å²) in [6.07, 6.45) is 11.9. The third kappa shape index (κ3) is 9.53. The molecule has 2 heterocycles. The molecule has 1 unspecified atom stereocenters. The van der Waals surface area contributed by atoms with Crippen LogP contribution in [0.5, 0.6) is 11.5 Å². The highest BCUT2D eigenvalue weighted by Crippen LogP contribution is 2.23. The zero-order valence-corrected chi connectivity index (χ0v) is 24.1. The van der Waals surface area contributed by atoms with Crippen LogP contribution in [0.3, 0.4) is 0 Å². The van der Waals surface area contributed by atoms with Gasteiger partial charge in [0.05, 0.1) is 41.5 Å². The summed E-state index contributed by atoms with van der Waals surface area (Å²) in [4.78, 5) is 20.7. The number of unbranched alkanes of at least 4 members (excludes halogenated alkanes) is 5. The monoisotopic (exact) mass is 572 g/mol. The molecule has 8 heteroatoms. The minimum absolute atomic E-state index is 0.199. The molecule has 0 saturated carbocycles. The van der Waals surface area contributed by atoms with Gasteiger partial charge in [0, 0.05) is 22.6 Å². The molecule has 4 rings (SSSR count). The summed E-state index contributed by atoms with van der Waals surface area (Å²) in [6.45, 7) is 0.525. The van der Waals surface area contributed by atoms with Gasteiger partial charge in [-0.2, -0.15) is 0 Å². The van der Waals surface area contributed by atoms with Gasteiger partial charge in [0.25, 0.3) is 0 Å². The summed E-state index contributed by atoms with van der Waals surface area (Å²) in [7, 11) is 0.349. The second kappa shape index (κ2) is 15.7. The van der Waals surface area contributed by atoms with Crippen LogP contribution in [-0.2, 0) is 27.8 Å².